The van der Waals surface area contributed by atoms with Crippen molar-refractivity contribution in [2.75, 3.05) is 0 Å². The van der Waals surface area contributed by atoms with E-state index in [1.54, 1.807) is 6.26 Å². The monoisotopic (exact) mass is 402 g/mol. The van der Waals surface area contributed by atoms with Crippen LogP contribution in [-0.4, -0.2) is 33.1 Å². The molecule has 0 aromatic carbocycles. The van der Waals surface area contributed by atoms with Crippen LogP contribution in [0.4, 0.5) is 0 Å². The van der Waals surface area contributed by atoms with Gasteiger partial charge in [0.1, 0.15) is 0 Å². The Morgan fingerprint density at radius 1 is 1.07 bits per heavy atom. The molecule has 0 radical (unpaired) electrons. The van der Waals surface area contributed by atoms with Gasteiger partial charge in [-0.3, -0.25) is 0 Å². The predicted octanol–water partition coefficient (Wildman–Crippen LogP) is 3.21. The number of hydrogen-bond donors (Lipinski definition) is 3. The van der Waals surface area contributed by atoms with E-state index in [0.29, 0.717) is 12.3 Å². The average molecular weight is 403 g/mol. The lowest BCUT2D eigenvalue weighted by molar-refractivity contribution is -0.239. The molecule has 0 saturated heterocycles. The molecule has 0 bridgehead atoms. The normalized spacial score (nSPS) is 51.8. The summed E-state index contributed by atoms with van der Waals surface area (Å²) in [6.07, 6.45) is 7.49. The average Bonchev–Trinajstić information content (AvgIpc) is 2.94. The van der Waals surface area contributed by atoms with Gasteiger partial charge in [-0.1, -0.05) is 13.8 Å². The van der Waals surface area contributed by atoms with E-state index in [2.05, 4.69) is 13.8 Å². The topological polar surface area (TPSA) is 90.9 Å². The zero-order valence-corrected chi connectivity index (χ0v) is 17.5. The van der Waals surface area contributed by atoms with E-state index in [1.165, 1.54) is 6.07 Å². The molecule has 1 aromatic heterocycles. The van der Waals surface area contributed by atoms with Gasteiger partial charge < -0.3 is 19.7 Å². The van der Waals surface area contributed by atoms with Crippen LogP contribution < -0.4 is 5.63 Å². The summed E-state index contributed by atoms with van der Waals surface area (Å²) in [4.78, 5) is 11.4. The number of fused-ring (bicyclic) bond motifs is 5. The summed E-state index contributed by atoms with van der Waals surface area (Å²) in [6, 6.07) is 3.28. The summed E-state index contributed by atoms with van der Waals surface area (Å²) in [6.45, 7) is 4.43. The van der Waals surface area contributed by atoms with Crippen molar-refractivity contribution in [3.63, 3.8) is 0 Å². The summed E-state index contributed by atoms with van der Waals surface area (Å²) in [5.41, 5.74) is -0.681. The van der Waals surface area contributed by atoms with E-state index in [1.807, 2.05) is 6.07 Å². The van der Waals surface area contributed by atoms with Crippen molar-refractivity contribution in [2.45, 2.75) is 88.9 Å². The second kappa shape index (κ2) is 6.41. The first-order valence-corrected chi connectivity index (χ1v) is 11.4. The van der Waals surface area contributed by atoms with Crippen LogP contribution >= 0.6 is 0 Å². The standard InChI is InChI=1S/C24H34O5/c1-22-9-7-16(25)11-15(22)4-5-18-21(22)19(26)12-23(2)17(8-10-24(18,23)28)14-3-6-20(27)29-13-14/h3,6,13,15-19,21,25-26,28H,4-5,7-12H2,1-2H3/t15-,16+,17?,18?,19-,21?,22+,23-,24+/m1/s1. The number of aliphatic hydroxyl groups is 3. The molecule has 5 nitrogen and oxygen atoms in total. The van der Waals surface area contributed by atoms with Gasteiger partial charge in [0.25, 0.3) is 0 Å². The molecule has 1 heterocycles. The van der Waals surface area contributed by atoms with Crippen molar-refractivity contribution in [3.05, 3.63) is 34.4 Å². The highest BCUT2D eigenvalue weighted by molar-refractivity contribution is 5.28. The van der Waals surface area contributed by atoms with Crippen LogP contribution in [0.3, 0.4) is 0 Å². The molecule has 9 atom stereocenters. The molecule has 0 aliphatic heterocycles. The minimum atomic E-state index is -0.818. The third kappa shape index (κ3) is 2.60. The van der Waals surface area contributed by atoms with Gasteiger partial charge in [0.05, 0.1) is 24.1 Å². The van der Waals surface area contributed by atoms with Gasteiger partial charge in [-0.15, -0.1) is 0 Å². The lowest BCUT2D eigenvalue weighted by Gasteiger charge is -2.65. The molecule has 5 rings (SSSR count). The first kappa shape index (κ1) is 19.8. The Balaban J connectivity index is 1.52. The first-order chi connectivity index (χ1) is 13.7. The second-order valence-electron chi connectivity index (χ2n) is 10.9. The largest absolute Gasteiger partial charge is 0.431 e. The fourth-order valence-electron chi connectivity index (χ4n) is 8.41. The smallest absolute Gasteiger partial charge is 0.335 e. The van der Waals surface area contributed by atoms with E-state index < -0.39 is 17.1 Å². The highest BCUT2D eigenvalue weighted by Crippen LogP contribution is 2.70. The van der Waals surface area contributed by atoms with Gasteiger partial charge in [0.15, 0.2) is 0 Å². The molecular weight excluding hydrogens is 368 g/mol. The highest BCUT2D eigenvalue weighted by Gasteiger charge is 2.69. The van der Waals surface area contributed by atoms with E-state index in [9.17, 15) is 20.1 Å². The quantitative estimate of drug-likeness (QED) is 0.671. The predicted molar refractivity (Wildman–Crippen MR) is 108 cm³/mol. The lowest BCUT2D eigenvalue weighted by atomic mass is 9.42. The lowest BCUT2D eigenvalue weighted by Crippen LogP contribution is -2.66. The summed E-state index contributed by atoms with van der Waals surface area (Å²) in [7, 11) is 0. The van der Waals surface area contributed by atoms with Crippen molar-refractivity contribution in [1.82, 2.24) is 0 Å². The summed E-state index contributed by atoms with van der Waals surface area (Å²) >= 11 is 0. The number of aliphatic hydroxyl groups excluding tert-OH is 2. The summed E-state index contributed by atoms with van der Waals surface area (Å²) in [5, 5.41) is 33.8. The Morgan fingerprint density at radius 3 is 2.59 bits per heavy atom. The third-order valence-corrected chi connectivity index (χ3v) is 9.89. The first-order valence-electron chi connectivity index (χ1n) is 11.4. The molecule has 3 N–H and O–H groups in total. The SMILES string of the molecule is C[C@]12CC[C@H](O)C[C@H]1CCC1C2[C@H](O)C[C@]2(C)C(c3ccc(=O)oc3)CC[C@]12O. The minimum Gasteiger partial charge on any atom is -0.431 e. The molecule has 0 amide bonds. The molecule has 4 fully saturated rings. The van der Waals surface area contributed by atoms with Gasteiger partial charge in [-0.2, -0.15) is 0 Å². The molecule has 1 aromatic rings. The molecule has 4 aliphatic carbocycles. The minimum absolute atomic E-state index is 0.0176. The molecule has 4 aliphatic rings. The molecule has 3 unspecified atom stereocenters. The highest BCUT2D eigenvalue weighted by atomic mass is 16.4. The van der Waals surface area contributed by atoms with Crippen LogP contribution in [0.1, 0.15) is 76.7 Å². The third-order valence-electron chi connectivity index (χ3n) is 9.89. The van der Waals surface area contributed by atoms with Crippen molar-refractivity contribution in [2.24, 2.45) is 28.6 Å². The van der Waals surface area contributed by atoms with Gasteiger partial charge in [-0.05, 0) is 92.1 Å². The zero-order valence-electron chi connectivity index (χ0n) is 17.5. The Kier molecular flexibility index (Phi) is 4.37. The van der Waals surface area contributed by atoms with Gasteiger partial charge in [0, 0.05) is 11.5 Å². The number of hydrogen-bond acceptors (Lipinski definition) is 5. The van der Waals surface area contributed by atoms with E-state index >= 15 is 0 Å². The summed E-state index contributed by atoms with van der Waals surface area (Å²) < 4.78 is 5.14. The second-order valence-corrected chi connectivity index (χ2v) is 10.9. The van der Waals surface area contributed by atoms with Crippen molar-refractivity contribution >= 4 is 0 Å². The van der Waals surface area contributed by atoms with Crippen LogP contribution in [-0.2, 0) is 0 Å². The van der Waals surface area contributed by atoms with Gasteiger partial charge >= 0.3 is 5.63 Å². The molecule has 4 saturated carbocycles. The number of rotatable bonds is 1. The molecule has 29 heavy (non-hydrogen) atoms. The van der Waals surface area contributed by atoms with E-state index in [-0.39, 0.29) is 34.9 Å². The Morgan fingerprint density at radius 2 is 1.86 bits per heavy atom. The van der Waals surface area contributed by atoms with Crippen LogP contribution in [0.5, 0.6) is 0 Å². The zero-order chi connectivity index (χ0) is 20.6. The molecular formula is C24H34O5. The Labute approximate surface area is 172 Å². The summed E-state index contributed by atoms with van der Waals surface area (Å²) in [5.74, 6) is 0.662. The van der Waals surface area contributed by atoms with Crippen molar-refractivity contribution in [3.8, 4) is 0 Å². The van der Waals surface area contributed by atoms with E-state index in [4.69, 9.17) is 4.42 Å². The van der Waals surface area contributed by atoms with Crippen LogP contribution in [0.2, 0.25) is 0 Å². The van der Waals surface area contributed by atoms with Crippen LogP contribution in [0.25, 0.3) is 0 Å². The Hall–Kier alpha value is -1.17. The van der Waals surface area contributed by atoms with E-state index in [0.717, 1.165) is 50.5 Å². The molecule has 5 heteroatoms. The molecule has 160 valence electrons. The van der Waals surface area contributed by atoms with Crippen molar-refractivity contribution in [1.29, 1.82) is 0 Å². The maximum Gasteiger partial charge on any atom is 0.335 e. The van der Waals surface area contributed by atoms with Crippen LogP contribution in [0, 0.1) is 28.6 Å². The maximum absolute atomic E-state index is 12.2. The Bertz CT molecular complexity index is 829. The molecule has 0 spiro atoms. The van der Waals surface area contributed by atoms with Gasteiger partial charge in [0.2, 0.25) is 0 Å². The maximum atomic E-state index is 12.2. The van der Waals surface area contributed by atoms with Crippen molar-refractivity contribution < 1.29 is 19.7 Å². The van der Waals surface area contributed by atoms with Crippen LogP contribution in [0.15, 0.2) is 27.6 Å². The fraction of sp³-hybridized carbons (Fsp3) is 0.792. The van der Waals surface area contributed by atoms with Gasteiger partial charge in [-0.25, -0.2) is 4.79 Å². The fourth-order valence-corrected chi connectivity index (χ4v) is 8.41.